The van der Waals surface area contributed by atoms with Gasteiger partial charge in [-0.25, -0.2) is 0 Å². The Morgan fingerprint density at radius 2 is 0.729 bits per heavy atom. The highest BCUT2D eigenvalue weighted by Gasteiger charge is 2.21. The van der Waals surface area contributed by atoms with Gasteiger partial charge >= 0.3 is 0 Å². The minimum Gasteiger partial charge on any atom is -0.310 e. The lowest BCUT2D eigenvalue weighted by Crippen LogP contribution is -2.10. The number of benzene rings is 12. The summed E-state index contributed by atoms with van der Waals surface area (Å²) in [6, 6.07) is 91.8. The van der Waals surface area contributed by atoms with Crippen LogP contribution in [0.2, 0.25) is 0 Å². The first-order valence-corrected chi connectivity index (χ1v) is 24.8. The van der Waals surface area contributed by atoms with Gasteiger partial charge < -0.3 is 14.0 Å². The first-order chi connectivity index (χ1) is 34.7. The molecule has 0 fully saturated rings. The monoisotopic (exact) mass is 907 g/mol. The maximum absolute atomic E-state index is 2.48. The minimum atomic E-state index is 1.11. The number of fused-ring (bicyclic) bond motifs is 15. The SMILES string of the molecule is c1ccc(N(c2ccc(-c3ccc4c(c3)c3cc(-n5c6ccccc6c6ccccc65)ccc3n4-c3ccc4c5ccccc5c5ccccc5c4c3)cc2)c2cccc3sc4ccccc4c23)cc1. The molecule has 0 spiro atoms. The van der Waals surface area contributed by atoms with E-state index in [1.807, 2.05) is 11.3 Å². The van der Waals surface area contributed by atoms with Crippen LogP contribution in [0.3, 0.4) is 0 Å². The van der Waals surface area contributed by atoms with Crippen LogP contribution >= 0.6 is 11.3 Å². The number of para-hydroxylation sites is 3. The molecule has 0 aliphatic heterocycles. The van der Waals surface area contributed by atoms with Gasteiger partial charge in [0.25, 0.3) is 0 Å². The maximum atomic E-state index is 2.48. The third kappa shape index (κ3) is 5.81. The van der Waals surface area contributed by atoms with Crippen molar-refractivity contribution in [1.29, 1.82) is 0 Å². The molecule has 0 aliphatic rings. The van der Waals surface area contributed by atoms with E-state index < -0.39 is 0 Å². The topological polar surface area (TPSA) is 13.1 Å². The van der Waals surface area contributed by atoms with Gasteiger partial charge in [0.15, 0.2) is 0 Å². The molecule has 12 aromatic carbocycles. The zero-order chi connectivity index (χ0) is 45.9. The molecular weight excluding hydrogens is 867 g/mol. The van der Waals surface area contributed by atoms with Crippen LogP contribution in [0.15, 0.2) is 249 Å². The van der Waals surface area contributed by atoms with Gasteiger partial charge in [0, 0.05) is 64.5 Å². The Morgan fingerprint density at radius 3 is 1.40 bits per heavy atom. The van der Waals surface area contributed by atoms with Gasteiger partial charge in [0.05, 0.1) is 27.8 Å². The van der Waals surface area contributed by atoms with Gasteiger partial charge in [-0.15, -0.1) is 11.3 Å². The van der Waals surface area contributed by atoms with Crippen LogP contribution in [0.1, 0.15) is 0 Å². The number of rotatable bonds is 6. The number of anilines is 3. The molecule has 0 bridgehead atoms. The average Bonchev–Trinajstić information content (AvgIpc) is 4.09. The Labute approximate surface area is 407 Å². The molecule has 15 aromatic rings. The summed E-state index contributed by atoms with van der Waals surface area (Å²) in [4.78, 5) is 2.41. The van der Waals surface area contributed by atoms with E-state index in [1.165, 1.54) is 113 Å². The van der Waals surface area contributed by atoms with Gasteiger partial charge in [0.2, 0.25) is 0 Å². The molecule has 0 atom stereocenters. The van der Waals surface area contributed by atoms with Crippen molar-refractivity contribution in [1.82, 2.24) is 9.13 Å². The van der Waals surface area contributed by atoms with E-state index in [0.29, 0.717) is 0 Å². The zero-order valence-electron chi connectivity index (χ0n) is 37.9. The van der Waals surface area contributed by atoms with Crippen LogP contribution in [0.5, 0.6) is 0 Å². The van der Waals surface area contributed by atoms with E-state index >= 15 is 0 Å². The summed E-state index contributed by atoms with van der Waals surface area (Å²) in [5, 5.41) is 15.1. The maximum Gasteiger partial charge on any atom is 0.0554 e. The van der Waals surface area contributed by atoms with Crippen LogP contribution < -0.4 is 4.90 Å². The fourth-order valence-electron chi connectivity index (χ4n) is 11.6. The zero-order valence-corrected chi connectivity index (χ0v) is 38.7. The first kappa shape index (κ1) is 39.1. The summed E-state index contributed by atoms with van der Waals surface area (Å²) in [6.45, 7) is 0. The van der Waals surface area contributed by atoms with Crippen molar-refractivity contribution in [2.45, 2.75) is 0 Å². The summed E-state index contributed by atoms with van der Waals surface area (Å²) < 4.78 is 7.50. The fraction of sp³-hybridized carbons (Fsp3) is 0. The Kier molecular flexibility index (Phi) is 8.53. The molecule has 0 radical (unpaired) electrons. The Morgan fingerprint density at radius 1 is 0.271 bits per heavy atom. The van der Waals surface area contributed by atoms with Crippen LogP contribution in [0, 0.1) is 0 Å². The van der Waals surface area contributed by atoms with E-state index in [-0.39, 0.29) is 0 Å². The van der Waals surface area contributed by atoms with E-state index in [9.17, 15) is 0 Å². The second-order valence-electron chi connectivity index (χ2n) is 18.4. The summed E-state index contributed by atoms with van der Waals surface area (Å²) >= 11 is 1.86. The summed E-state index contributed by atoms with van der Waals surface area (Å²) in [7, 11) is 0. The van der Waals surface area contributed by atoms with E-state index in [1.54, 1.807) is 0 Å². The van der Waals surface area contributed by atoms with Crippen molar-refractivity contribution in [2.75, 3.05) is 4.90 Å². The molecule has 15 rings (SSSR count). The fourth-order valence-corrected chi connectivity index (χ4v) is 12.7. The third-order valence-corrected chi connectivity index (χ3v) is 15.8. The molecular formula is C66H41N3S. The van der Waals surface area contributed by atoms with Crippen LogP contribution in [-0.4, -0.2) is 9.13 Å². The summed E-state index contributed by atoms with van der Waals surface area (Å²) in [6.07, 6.45) is 0. The number of thiophene rings is 1. The minimum absolute atomic E-state index is 1.11. The van der Waals surface area contributed by atoms with Crippen molar-refractivity contribution in [3.8, 4) is 22.5 Å². The standard InChI is InChI=1S/C66H41N3S/c1-2-15-44(16-3-1)67(63-26-14-28-65-66(63)55-23-10-13-27-64(55)70-65)45-32-29-42(30-33-45)43-31-37-61-57(39-43)58-41-47(68-59-24-11-8-21-53(59)54-22-9-12-25-60(54)68)35-38-62(58)69(61)46-34-36-52-50-19-5-4-17-48(50)49-18-6-7-20-51(49)56(52)40-46/h1-41H. The molecule has 70 heavy (non-hydrogen) atoms. The van der Waals surface area contributed by atoms with Gasteiger partial charge in [0.1, 0.15) is 0 Å². The van der Waals surface area contributed by atoms with Gasteiger partial charge in [-0.05, 0) is 141 Å². The van der Waals surface area contributed by atoms with Crippen molar-refractivity contribution in [3.05, 3.63) is 249 Å². The number of hydrogen-bond acceptors (Lipinski definition) is 2. The predicted molar refractivity (Wildman–Crippen MR) is 301 cm³/mol. The molecule has 3 heterocycles. The van der Waals surface area contributed by atoms with Gasteiger partial charge in [-0.1, -0.05) is 152 Å². The molecule has 0 unspecified atom stereocenters. The van der Waals surface area contributed by atoms with E-state index in [4.69, 9.17) is 0 Å². The average molecular weight is 908 g/mol. The molecule has 0 N–H and O–H groups in total. The molecule has 4 heteroatoms. The molecule has 0 saturated carbocycles. The van der Waals surface area contributed by atoms with Crippen molar-refractivity contribution in [2.24, 2.45) is 0 Å². The number of hydrogen-bond donors (Lipinski definition) is 0. The predicted octanol–water partition coefficient (Wildman–Crippen LogP) is 18.8. The molecule has 0 amide bonds. The van der Waals surface area contributed by atoms with E-state index in [0.717, 1.165) is 22.7 Å². The highest BCUT2D eigenvalue weighted by molar-refractivity contribution is 7.26. The molecule has 326 valence electrons. The number of aromatic nitrogens is 2. The van der Waals surface area contributed by atoms with Gasteiger partial charge in [-0.3, -0.25) is 0 Å². The van der Waals surface area contributed by atoms with Crippen molar-refractivity contribution in [3.63, 3.8) is 0 Å². The van der Waals surface area contributed by atoms with Crippen LogP contribution in [0.25, 0.3) is 119 Å². The van der Waals surface area contributed by atoms with Crippen molar-refractivity contribution >= 4 is 125 Å². The summed E-state index contributed by atoms with van der Waals surface area (Å²) in [5.41, 5.74) is 12.8. The molecule has 3 aromatic heterocycles. The molecule has 0 saturated heterocycles. The second kappa shape index (κ2) is 15.3. The Bertz CT molecular complexity index is 4500. The lowest BCUT2D eigenvalue weighted by Gasteiger charge is -2.26. The van der Waals surface area contributed by atoms with Crippen LogP contribution in [0.4, 0.5) is 17.1 Å². The lowest BCUT2D eigenvalue weighted by molar-refractivity contribution is 1.17. The largest absolute Gasteiger partial charge is 0.310 e. The normalized spacial score (nSPS) is 12.0. The van der Waals surface area contributed by atoms with Gasteiger partial charge in [-0.2, -0.15) is 0 Å². The number of nitrogens with zero attached hydrogens (tertiary/aromatic N) is 3. The Hall–Kier alpha value is -8.96. The smallest absolute Gasteiger partial charge is 0.0554 e. The van der Waals surface area contributed by atoms with Crippen molar-refractivity contribution < 1.29 is 0 Å². The highest BCUT2D eigenvalue weighted by atomic mass is 32.1. The molecule has 0 aliphatic carbocycles. The quantitative estimate of drug-likeness (QED) is 0.152. The highest BCUT2D eigenvalue weighted by Crippen LogP contribution is 2.46. The second-order valence-corrected chi connectivity index (χ2v) is 19.5. The lowest BCUT2D eigenvalue weighted by atomic mass is 9.94. The first-order valence-electron chi connectivity index (χ1n) is 24.0. The molecule has 3 nitrogen and oxygen atoms in total. The van der Waals surface area contributed by atoms with E-state index in [2.05, 4.69) is 263 Å². The Balaban J connectivity index is 0.930. The summed E-state index contributed by atoms with van der Waals surface area (Å²) in [5.74, 6) is 0. The third-order valence-electron chi connectivity index (χ3n) is 14.7. The van der Waals surface area contributed by atoms with Crippen LogP contribution in [-0.2, 0) is 0 Å².